The van der Waals surface area contributed by atoms with Gasteiger partial charge in [-0.3, -0.25) is 4.79 Å². The van der Waals surface area contributed by atoms with Gasteiger partial charge in [0, 0.05) is 12.6 Å². The molecule has 0 aliphatic carbocycles. The Labute approximate surface area is 89.2 Å². The van der Waals surface area contributed by atoms with Gasteiger partial charge in [0.15, 0.2) is 0 Å². The van der Waals surface area contributed by atoms with E-state index < -0.39 is 12.1 Å². The maximum absolute atomic E-state index is 11.3. The van der Waals surface area contributed by atoms with Gasteiger partial charge in [0.1, 0.15) is 0 Å². The van der Waals surface area contributed by atoms with Crippen LogP contribution in [0.2, 0.25) is 0 Å². The molecule has 1 unspecified atom stereocenters. The minimum atomic E-state index is -1.06. The Morgan fingerprint density at radius 1 is 1.40 bits per heavy atom. The molecule has 5 N–H and O–H groups in total. The number of nitrogens with two attached hydrogens (primary N) is 1. The third-order valence-corrected chi connectivity index (χ3v) is 1.74. The van der Waals surface area contributed by atoms with Crippen molar-refractivity contribution in [3.63, 3.8) is 0 Å². The molecule has 0 fully saturated rings. The molecule has 0 aromatic heterocycles. The number of hydrogen-bond donors (Lipinski definition) is 4. The van der Waals surface area contributed by atoms with E-state index in [0.717, 1.165) is 0 Å². The Kier molecular flexibility index (Phi) is 6.44. The predicted molar refractivity (Wildman–Crippen MR) is 56.5 cm³/mol. The zero-order chi connectivity index (χ0) is 11.8. The second-order valence-corrected chi connectivity index (χ2v) is 3.64. The second kappa shape index (κ2) is 7.05. The number of amides is 2. The Bertz CT molecular complexity index is 219. The van der Waals surface area contributed by atoms with E-state index in [1.54, 1.807) is 0 Å². The smallest absolute Gasteiger partial charge is 0.404 e. The lowest BCUT2D eigenvalue weighted by Gasteiger charge is -2.14. The van der Waals surface area contributed by atoms with E-state index in [4.69, 9.17) is 10.8 Å². The Morgan fingerprint density at radius 2 is 2.00 bits per heavy atom. The molecule has 0 rings (SSSR count). The summed E-state index contributed by atoms with van der Waals surface area (Å²) >= 11 is 0. The van der Waals surface area contributed by atoms with E-state index in [0.29, 0.717) is 19.4 Å². The third-order valence-electron chi connectivity index (χ3n) is 1.74. The van der Waals surface area contributed by atoms with Gasteiger partial charge in [-0.15, -0.1) is 0 Å². The monoisotopic (exact) mass is 217 g/mol. The molecule has 0 bridgehead atoms. The molecule has 0 heterocycles. The summed E-state index contributed by atoms with van der Waals surface area (Å²) in [6.45, 7) is 4.03. The van der Waals surface area contributed by atoms with Crippen molar-refractivity contribution in [1.29, 1.82) is 0 Å². The highest BCUT2D eigenvalue weighted by Crippen LogP contribution is 1.94. The van der Waals surface area contributed by atoms with Crippen molar-refractivity contribution < 1.29 is 14.7 Å². The lowest BCUT2D eigenvalue weighted by Crippen LogP contribution is -2.43. The summed E-state index contributed by atoms with van der Waals surface area (Å²) in [5.74, 6) is -0.194. The van der Waals surface area contributed by atoms with E-state index in [2.05, 4.69) is 10.6 Å². The molecule has 6 nitrogen and oxygen atoms in total. The minimum absolute atomic E-state index is 0.0701. The standard InChI is InChI=1S/C9H19N3O3/c1-6(2)12-8(13)7(10)4-3-5-11-9(14)15/h6-7,11H,3-5,10H2,1-2H3,(H,12,13)(H,14,15). The van der Waals surface area contributed by atoms with Gasteiger partial charge in [-0.25, -0.2) is 4.79 Å². The highest BCUT2D eigenvalue weighted by Gasteiger charge is 2.13. The highest BCUT2D eigenvalue weighted by atomic mass is 16.4. The first-order valence-corrected chi connectivity index (χ1v) is 4.96. The topological polar surface area (TPSA) is 104 Å². The number of carboxylic acid groups (broad SMARTS) is 1. The van der Waals surface area contributed by atoms with Crippen LogP contribution in [0.15, 0.2) is 0 Å². The van der Waals surface area contributed by atoms with Gasteiger partial charge in [-0.1, -0.05) is 0 Å². The van der Waals surface area contributed by atoms with E-state index in [1.807, 2.05) is 13.8 Å². The van der Waals surface area contributed by atoms with Crippen LogP contribution in [0.5, 0.6) is 0 Å². The van der Waals surface area contributed by atoms with Crippen LogP contribution in [0.4, 0.5) is 4.79 Å². The third kappa shape index (κ3) is 7.75. The molecule has 0 spiro atoms. The van der Waals surface area contributed by atoms with E-state index in [-0.39, 0.29) is 11.9 Å². The van der Waals surface area contributed by atoms with Crippen molar-refractivity contribution in [2.24, 2.45) is 5.73 Å². The molecule has 0 saturated carbocycles. The summed E-state index contributed by atoms with van der Waals surface area (Å²) < 4.78 is 0. The van der Waals surface area contributed by atoms with Crippen LogP contribution < -0.4 is 16.4 Å². The molecule has 1 atom stereocenters. The first-order valence-electron chi connectivity index (χ1n) is 4.96. The van der Waals surface area contributed by atoms with Gasteiger partial charge in [-0.05, 0) is 26.7 Å². The molecule has 15 heavy (non-hydrogen) atoms. The number of hydrogen-bond acceptors (Lipinski definition) is 3. The molecular formula is C9H19N3O3. The summed E-state index contributed by atoms with van der Waals surface area (Å²) in [5.41, 5.74) is 5.60. The summed E-state index contributed by atoms with van der Waals surface area (Å²) in [6.07, 6.45) is -0.0344. The molecule has 0 aromatic carbocycles. The number of carbonyl (C=O) groups excluding carboxylic acids is 1. The van der Waals surface area contributed by atoms with E-state index in [1.165, 1.54) is 0 Å². The maximum Gasteiger partial charge on any atom is 0.404 e. The summed E-state index contributed by atoms with van der Waals surface area (Å²) in [7, 11) is 0. The molecule has 0 aliphatic rings. The molecular weight excluding hydrogens is 198 g/mol. The maximum atomic E-state index is 11.3. The van der Waals surface area contributed by atoms with Gasteiger partial charge in [-0.2, -0.15) is 0 Å². The first kappa shape index (κ1) is 13.7. The fourth-order valence-corrected chi connectivity index (χ4v) is 1.04. The highest BCUT2D eigenvalue weighted by molar-refractivity contribution is 5.81. The molecule has 6 heteroatoms. The largest absolute Gasteiger partial charge is 0.465 e. The van der Waals surface area contributed by atoms with Crippen molar-refractivity contribution in [3.05, 3.63) is 0 Å². The summed E-state index contributed by atoms with van der Waals surface area (Å²) in [4.78, 5) is 21.4. The van der Waals surface area contributed by atoms with Crippen molar-refractivity contribution in [2.75, 3.05) is 6.54 Å². The van der Waals surface area contributed by atoms with Crippen LogP contribution in [0.3, 0.4) is 0 Å². The molecule has 2 amide bonds. The zero-order valence-corrected chi connectivity index (χ0v) is 9.12. The van der Waals surface area contributed by atoms with Gasteiger partial charge in [0.25, 0.3) is 0 Å². The zero-order valence-electron chi connectivity index (χ0n) is 9.12. The van der Waals surface area contributed by atoms with Crippen LogP contribution in [-0.4, -0.2) is 35.7 Å². The SMILES string of the molecule is CC(C)NC(=O)C(N)CCCNC(=O)O. The quantitative estimate of drug-likeness (QED) is 0.466. The molecule has 0 aliphatic heterocycles. The second-order valence-electron chi connectivity index (χ2n) is 3.64. The van der Waals surface area contributed by atoms with Crippen LogP contribution in [0, 0.1) is 0 Å². The van der Waals surface area contributed by atoms with Crippen LogP contribution in [0.25, 0.3) is 0 Å². The van der Waals surface area contributed by atoms with Crippen molar-refractivity contribution in [1.82, 2.24) is 10.6 Å². The first-order chi connectivity index (χ1) is 6.93. The normalized spacial score (nSPS) is 12.3. The van der Waals surface area contributed by atoms with Gasteiger partial charge >= 0.3 is 6.09 Å². The lowest BCUT2D eigenvalue weighted by atomic mass is 10.1. The van der Waals surface area contributed by atoms with Gasteiger partial charge in [0.2, 0.25) is 5.91 Å². The van der Waals surface area contributed by atoms with Crippen LogP contribution in [-0.2, 0) is 4.79 Å². The Balaban J connectivity index is 3.60. The Morgan fingerprint density at radius 3 is 2.47 bits per heavy atom. The van der Waals surface area contributed by atoms with Crippen LogP contribution in [0.1, 0.15) is 26.7 Å². The summed E-state index contributed by atoms with van der Waals surface area (Å²) in [5, 5.41) is 13.2. The molecule has 88 valence electrons. The van der Waals surface area contributed by atoms with Gasteiger partial charge in [0.05, 0.1) is 6.04 Å². The van der Waals surface area contributed by atoms with Gasteiger partial charge < -0.3 is 21.5 Å². The minimum Gasteiger partial charge on any atom is -0.465 e. The van der Waals surface area contributed by atoms with E-state index in [9.17, 15) is 9.59 Å². The number of nitrogens with one attached hydrogen (secondary N) is 2. The van der Waals surface area contributed by atoms with Crippen molar-refractivity contribution in [3.8, 4) is 0 Å². The Hall–Kier alpha value is -1.30. The fourth-order valence-electron chi connectivity index (χ4n) is 1.04. The average Bonchev–Trinajstić information content (AvgIpc) is 2.10. The van der Waals surface area contributed by atoms with Crippen molar-refractivity contribution >= 4 is 12.0 Å². The van der Waals surface area contributed by atoms with Crippen molar-refractivity contribution in [2.45, 2.75) is 38.8 Å². The number of rotatable bonds is 6. The average molecular weight is 217 g/mol. The van der Waals surface area contributed by atoms with Crippen LogP contribution >= 0.6 is 0 Å². The lowest BCUT2D eigenvalue weighted by molar-refractivity contribution is -0.123. The fraction of sp³-hybridized carbons (Fsp3) is 0.778. The summed E-state index contributed by atoms with van der Waals surface area (Å²) in [6, 6.07) is -0.497. The molecule has 0 saturated heterocycles. The number of carbonyl (C=O) groups is 2. The van der Waals surface area contributed by atoms with E-state index >= 15 is 0 Å². The predicted octanol–water partition coefficient (Wildman–Crippen LogP) is -0.114. The molecule has 0 radical (unpaired) electrons. The molecule has 0 aromatic rings.